The number of carbonyl (C=O) groups excluding carboxylic acids is 1. The molecule has 2 rings (SSSR count). The number of allylic oxidation sites excluding steroid dienone is 4. The van der Waals surface area contributed by atoms with Gasteiger partial charge in [-0.15, -0.1) is 0 Å². The van der Waals surface area contributed by atoms with Crippen LogP contribution in [0.2, 0.25) is 0 Å². The summed E-state index contributed by atoms with van der Waals surface area (Å²) in [7, 11) is 0. The minimum atomic E-state index is 0.153. The van der Waals surface area contributed by atoms with Crippen LogP contribution < -0.4 is 0 Å². The zero-order valence-corrected chi connectivity index (χ0v) is 14.0. The molecule has 0 saturated carbocycles. The maximum Gasteiger partial charge on any atom is 0.192 e. The molecule has 0 heterocycles. The first kappa shape index (κ1) is 16.7. The molecule has 1 aromatic carbocycles. The van der Waals surface area contributed by atoms with Gasteiger partial charge in [0.15, 0.2) is 5.78 Å². The third-order valence-electron chi connectivity index (χ3n) is 4.54. The highest BCUT2D eigenvalue weighted by molar-refractivity contribution is 6.10. The lowest BCUT2D eigenvalue weighted by molar-refractivity contribution is 0.103. The molecule has 1 nitrogen and oxygen atoms in total. The molecule has 1 aliphatic carbocycles. The van der Waals surface area contributed by atoms with Crippen molar-refractivity contribution >= 4 is 5.78 Å². The second kappa shape index (κ2) is 8.73. The van der Waals surface area contributed by atoms with Gasteiger partial charge in [-0.3, -0.25) is 4.79 Å². The van der Waals surface area contributed by atoms with Gasteiger partial charge in [-0.25, -0.2) is 0 Å². The molecule has 0 spiro atoms. The Kier molecular flexibility index (Phi) is 6.64. The van der Waals surface area contributed by atoms with Crippen LogP contribution >= 0.6 is 0 Å². The number of hydrogen-bond donors (Lipinski definition) is 0. The summed E-state index contributed by atoms with van der Waals surface area (Å²) in [5.74, 6) is 0.922. The zero-order chi connectivity index (χ0) is 15.8. The van der Waals surface area contributed by atoms with E-state index in [4.69, 9.17) is 0 Å². The fraction of sp³-hybridized carbons (Fsp3) is 0.476. The SMILES string of the molecule is CCCCC(CC)Cc1ccc(C(=O)C2=CCCC=C2)cc1. The number of ketones is 1. The van der Waals surface area contributed by atoms with E-state index in [2.05, 4.69) is 32.1 Å². The lowest BCUT2D eigenvalue weighted by atomic mass is 9.91. The molecule has 1 aromatic rings. The van der Waals surface area contributed by atoms with Gasteiger partial charge in [0.1, 0.15) is 0 Å². The van der Waals surface area contributed by atoms with Crippen molar-refractivity contribution in [2.24, 2.45) is 5.92 Å². The Labute approximate surface area is 135 Å². The van der Waals surface area contributed by atoms with Gasteiger partial charge in [-0.1, -0.05) is 82.0 Å². The minimum absolute atomic E-state index is 0.153. The highest BCUT2D eigenvalue weighted by Gasteiger charge is 2.12. The molecule has 0 N–H and O–H groups in total. The van der Waals surface area contributed by atoms with E-state index in [0.717, 1.165) is 36.3 Å². The van der Waals surface area contributed by atoms with Gasteiger partial charge in [-0.05, 0) is 30.7 Å². The largest absolute Gasteiger partial charge is 0.289 e. The third kappa shape index (κ3) is 4.69. The van der Waals surface area contributed by atoms with Crippen LogP contribution in [0.5, 0.6) is 0 Å². The van der Waals surface area contributed by atoms with E-state index in [1.807, 2.05) is 24.3 Å². The number of benzene rings is 1. The summed E-state index contributed by atoms with van der Waals surface area (Å²) >= 11 is 0. The summed E-state index contributed by atoms with van der Waals surface area (Å²) < 4.78 is 0. The number of rotatable bonds is 8. The summed E-state index contributed by atoms with van der Waals surface area (Å²) in [6, 6.07) is 8.25. The molecule has 0 saturated heterocycles. The molecular weight excluding hydrogens is 268 g/mol. The van der Waals surface area contributed by atoms with Crippen molar-refractivity contribution < 1.29 is 4.79 Å². The Bertz CT molecular complexity index is 534. The average molecular weight is 296 g/mol. The molecule has 0 radical (unpaired) electrons. The van der Waals surface area contributed by atoms with E-state index in [9.17, 15) is 4.79 Å². The standard InChI is InChI=1S/C21H28O/c1-3-5-9-17(4-2)16-18-12-14-20(15-13-18)21(22)19-10-7-6-8-11-19/h7,10-15,17H,3-6,8-9,16H2,1-2H3. The van der Waals surface area contributed by atoms with Crippen LogP contribution in [0.15, 0.2) is 48.1 Å². The van der Waals surface area contributed by atoms with Crippen molar-refractivity contribution in [2.45, 2.75) is 58.8 Å². The normalized spacial score (nSPS) is 15.5. The molecule has 1 unspecified atom stereocenters. The van der Waals surface area contributed by atoms with Gasteiger partial charge in [0.05, 0.1) is 0 Å². The quantitative estimate of drug-likeness (QED) is 0.545. The van der Waals surface area contributed by atoms with Crippen molar-refractivity contribution in [2.75, 3.05) is 0 Å². The van der Waals surface area contributed by atoms with Crippen molar-refractivity contribution in [3.8, 4) is 0 Å². The van der Waals surface area contributed by atoms with E-state index in [1.54, 1.807) is 0 Å². The van der Waals surface area contributed by atoms with Crippen LogP contribution in [-0.4, -0.2) is 5.78 Å². The van der Waals surface area contributed by atoms with Crippen LogP contribution in [-0.2, 0) is 6.42 Å². The molecule has 1 aliphatic rings. The molecular formula is C21H28O. The van der Waals surface area contributed by atoms with Crippen LogP contribution in [0.1, 0.15) is 68.3 Å². The van der Waals surface area contributed by atoms with E-state index >= 15 is 0 Å². The zero-order valence-electron chi connectivity index (χ0n) is 14.0. The van der Waals surface area contributed by atoms with Gasteiger partial charge in [0.25, 0.3) is 0 Å². The molecule has 22 heavy (non-hydrogen) atoms. The Morgan fingerprint density at radius 1 is 1.14 bits per heavy atom. The second-order valence-electron chi connectivity index (χ2n) is 6.29. The summed E-state index contributed by atoms with van der Waals surface area (Å²) in [5.41, 5.74) is 3.00. The summed E-state index contributed by atoms with van der Waals surface area (Å²) in [5, 5.41) is 0. The molecule has 1 atom stereocenters. The Morgan fingerprint density at radius 3 is 2.50 bits per heavy atom. The molecule has 0 fully saturated rings. The van der Waals surface area contributed by atoms with Gasteiger partial charge in [-0.2, -0.15) is 0 Å². The highest BCUT2D eigenvalue weighted by Crippen LogP contribution is 2.20. The fourth-order valence-electron chi connectivity index (χ4n) is 3.02. The lowest BCUT2D eigenvalue weighted by Gasteiger charge is -2.14. The number of carbonyl (C=O) groups is 1. The van der Waals surface area contributed by atoms with E-state index in [1.165, 1.54) is 31.2 Å². The van der Waals surface area contributed by atoms with Crippen molar-refractivity contribution in [1.29, 1.82) is 0 Å². The molecule has 0 aliphatic heterocycles. The fourth-order valence-corrected chi connectivity index (χ4v) is 3.02. The van der Waals surface area contributed by atoms with E-state index in [0.29, 0.717) is 0 Å². The van der Waals surface area contributed by atoms with Gasteiger partial charge in [0, 0.05) is 11.1 Å². The Balaban J connectivity index is 1.99. The third-order valence-corrected chi connectivity index (χ3v) is 4.54. The second-order valence-corrected chi connectivity index (χ2v) is 6.29. The number of hydrogen-bond acceptors (Lipinski definition) is 1. The van der Waals surface area contributed by atoms with Gasteiger partial charge >= 0.3 is 0 Å². The molecule has 0 aromatic heterocycles. The first-order valence-corrected chi connectivity index (χ1v) is 8.75. The monoisotopic (exact) mass is 296 g/mol. The van der Waals surface area contributed by atoms with E-state index in [-0.39, 0.29) is 5.78 Å². The molecule has 118 valence electrons. The summed E-state index contributed by atoms with van der Waals surface area (Å²) in [4.78, 5) is 12.4. The first-order valence-electron chi connectivity index (χ1n) is 8.75. The van der Waals surface area contributed by atoms with Gasteiger partial charge < -0.3 is 0 Å². The molecule has 1 heteroatoms. The Hall–Kier alpha value is -1.63. The topological polar surface area (TPSA) is 17.1 Å². The highest BCUT2D eigenvalue weighted by atomic mass is 16.1. The Morgan fingerprint density at radius 2 is 1.91 bits per heavy atom. The molecule has 0 bridgehead atoms. The summed E-state index contributed by atoms with van der Waals surface area (Å²) in [6.07, 6.45) is 14.4. The lowest BCUT2D eigenvalue weighted by Crippen LogP contribution is -2.05. The van der Waals surface area contributed by atoms with Crippen molar-refractivity contribution in [3.63, 3.8) is 0 Å². The predicted octanol–water partition coefficient (Wildman–Crippen LogP) is 5.90. The number of unbranched alkanes of at least 4 members (excludes halogenated alkanes) is 1. The minimum Gasteiger partial charge on any atom is -0.289 e. The first-order chi connectivity index (χ1) is 10.7. The average Bonchev–Trinajstić information content (AvgIpc) is 2.59. The maximum absolute atomic E-state index is 12.4. The van der Waals surface area contributed by atoms with Gasteiger partial charge in [0.2, 0.25) is 0 Å². The van der Waals surface area contributed by atoms with Crippen LogP contribution in [0.25, 0.3) is 0 Å². The van der Waals surface area contributed by atoms with E-state index < -0.39 is 0 Å². The maximum atomic E-state index is 12.4. The van der Waals surface area contributed by atoms with Crippen molar-refractivity contribution in [3.05, 3.63) is 59.2 Å². The van der Waals surface area contributed by atoms with Crippen LogP contribution in [0.4, 0.5) is 0 Å². The van der Waals surface area contributed by atoms with Crippen molar-refractivity contribution in [1.82, 2.24) is 0 Å². The predicted molar refractivity (Wildman–Crippen MR) is 94.2 cm³/mol. The summed E-state index contributed by atoms with van der Waals surface area (Å²) in [6.45, 7) is 4.53. The number of Topliss-reactive ketones (excluding diaryl/α,β-unsaturated/α-hetero) is 1. The van der Waals surface area contributed by atoms with Crippen LogP contribution in [0, 0.1) is 5.92 Å². The molecule has 0 amide bonds. The smallest absolute Gasteiger partial charge is 0.192 e. The van der Waals surface area contributed by atoms with Crippen LogP contribution in [0.3, 0.4) is 0 Å².